The highest BCUT2D eigenvalue weighted by molar-refractivity contribution is 5.89. The summed E-state index contributed by atoms with van der Waals surface area (Å²) in [6, 6.07) is 6.46. The molecule has 0 amide bonds. The first-order valence-corrected chi connectivity index (χ1v) is 11.7. The number of carboxylic acids is 2. The molecule has 0 unspecified atom stereocenters. The number of esters is 1. The smallest absolute Gasteiger partial charge is 0.328 e. The highest BCUT2D eigenvalue weighted by Gasteiger charge is 2.58. The minimum atomic E-state index is -1.26. The Bertz CT molecular complexity index is 956. The van der Waals surface area contributed by atoms with Gasteiger partial charge in [-0.2, -0.15) is 0 Å². The Balaban J connectivity index is 0.000000350. The number of aliphatic carboxylic acids is 2. The number of aliphatic hydroxyl groups is 1. The second-order valence-corrected chi connectivity index (χ2v) is 10.1. The third-order valence-corrected chi connectivity index (χ3v) is 7.86. The van der Waals surface area contributed by atoms with Gasteiger partial charge in [-0.3, -0.25) is 4.79 Å². The molecule has 4 rings (SSSR count). The van der Waals surface area contributed by atoms with Gasteiger partial charge in [-0.05, 0) is 92.6 Å². The number of benzene rings is 1. The number of rotatable bonds is 4. The van der Waals surface area contributed by atoms with Crippen molar-refractivity contribution in [3.05, 3.63) is 41.5 Å². The van der Waals surface area contributed by atoms with E-state index in [1.54, 1.807) is 0 Å². The summed E-state index contributed by atoms with van der Waals surface area (Å²) in [4.78, 5) is 32.6. The molecule has 8 nitrogen and oxygen atoms in total. The molecule has 8 heteroatoms. The predicted molar refractivity (Wildman–Crippen MR) is 126 cm³/mol. The zero-order valence-corrected chi connectivity index (χ0v) is 20.2. The summed E-state index contributed by atoms with van der Waals surface area (Å²) in [6.45, 7) is 3.86. The Hall–Kier alpha value is -2.71. The molecule has 2 saturated carbocycles. The predicted octanol–water partition coefficient (Wildman–Crippen LogP) is 3.08. The molecule has 34 heavy (non-hydrogen) atoms. The van der Waals surface area contributed by atoms with Crippen LogP contribution < -0.4 is 4.74 Å². The van der Waals surface area contributed by atoms with Gasteiger partial charge in [0.15, 0.2) is 0 Å². The van der Waals surface area contributed by atoms with E-state index < -0.39 is 11.9 Å². The van der Waals surface area contributed by atoms with Gasteiger partial charge in [0.2, 0.25) is 0 Å². The molecular weight excluding hydrogens is 438 g/mol. The Labute approximate surface area is 200 Å². The SMILES string of the molecule is CC(=O)Oc1ccc2c(c1)CC[C@@H]1[C@@H]2CC[C@]2(C)[C@@H](N(C)C)[C@H](O)C[C@@H]12.O=C(O)/C=C\C(=O)O. The number of hydrogen-bond acceptors (Lipinski definition) is 6. The van der Waals surface area contributed by atoms with Crippen LogP contribution in [0.15, 0.2) is 30.4 Å². The quantitative estimate of drug-likeness (QED) is 0.346. The molecule has 186 valence electrons. The summed E-state index contributed by atoms with van der Waals surface area (Å²) in [5, 5.41) is 26.4. The van der Waals surface area contributed by atoms with Gasteiger partial charge < -0.3 is 25.0 Å². The molecule has 3 aliphatic rings. The number of aliphatic hydroxyl groups excluding tert-OH is 1. The Morgan fingerprint density at radius 2 is 1.76 bits per heavy atom. The first-order valence-electron chi connectivity index (χ1n) is 11.7. The molecule has 0 bridgehead atoms. The molecule has 6 atom stereocenters. The summed E-state index contributed by atoms with van der Waals surface area (Å²) >= 11 is 0. The first kappa shape index (κ1) is 25.9. The second-order valence-electron chi connectivity index (χ2n) is 10.1. The highest BCUT2D eigenvalue weighted by atomic mass is 16.5. The van der Waals surface area contributed by atoms with Crippen LogP contribution in [0.1, 0.15) is 56.6 Å². The van der Waals surface area contributed by atoms with Gasteiger partial charge in [0.25, 0.3) is 0 Å². The highest BCUT2D eigenvalue weighted by Crippen LogP contribution is 2.61. The maximum Gasteiger partial charge on any atom is 0.328 e. The fraction of sp³-hybridized carbons (Fsp3) is 0.577. The lowest BCUT2D eigenvalue weighted by Gasteiger charge is -2.51. The van der Waals surface area contributed by atoms with Gasteiger partial charge >= 0.3 is 17.9 Å². The lowest BCUT2D eigenvalue weighted by molar-refractivity contribution is -0.134. The van der Waals surface area contributed by atoms with Crippen LogP contribution in [0.2, 0.25) is 0 Å². The molecule has 0 heterocycles. The van der Waals surface area contributed by atoms with Crippen molar-refractivity contribution in [2.24, 2.45) is 17.3 Å². The minimum Gasteiger partial charge on any atom is -0.478 e. The van der Waals surface area contributed by atoms with Crippen molar-refractivity contribution in [3.63, 3.8) is 0 Å². The number of carboxylic acid groups (broad SMARTS) is 2. The maximum atomic E-state index is 11.2. The summed E-state index contributed by atoms with van der Waals surface area (Å²) in [5.41, 5.74) is 3.00. The van der Waals surface area contributed by atoms with Gasteiger partial charge in [-0.25, -0.2) is 9.59 Å². The van der Waals surface area contributed by atoms with Crippen molar-refractivity contribution in [2.75, 3.05) is 14.1 Å². The van der Waals surface area contributed by atoms with Crippen molar-refractivity contribution in [1.82, 2.24) is 4.90 Å². The molecule has 2 fully saturated rings. The third-order valence-electron chi connectivity index (χ3n) is 7.86. The first-order chi connectivity index (χ1) is 15.9. The molecule has 3 N–H and O–H groups in total. The molecule has 0 aliphatic heterocycles. The van der Waals surface area contributed by atoms with Crippen molar-refractivity contribution in [1.29, 1.82) is 0 Å². The van der Waals surface area contributed by atoms with Crippen molar-refractivity contribution < 1.29 is 34.4 Å². The molecule has 3 aliphatic carbocycles. The van der Waals surface area contributed by atoms with Crippen LogP contribution in [0.5, 0.6) is 5.75 Å². The Kier molecular flexibility index (Phi) is 7.83. The van der Waals surface area contributed by atoms with Crippen LogP contribution in [0.4, 0.5) is 0 Å². The number of likely N-dealkylation sites (N-methyl/N-ethyl adjacent to an activating group) is 1. The number of fused-ring (bicyclic) bond motifs is 5. The van der Waals surface area contributed by atoms with E-state index in [0.717, 1.165) is 12.8 Å². The topological polar surface area (TPSA) is 124 Å². The van der Waals surface area contributed by atoms with Crippen molar-refractivity contribution in [2.45, 2.75) is 64.0 Å². The number of carbonyl (C=O) groups excluding carboxylic acids is 1. The van der Waals surface area contributed by atoms with Crippen LogP contribution in [0, 0.1) is 17.3 Å². The van der Waals surface area contributed by atoms with E-state index in [1.807, 2.05) is 6.07 Å². The molecule has 0 radical (unpaired) electrons. The Morgan fingerprint density at radius 1 is 1.12 bits per heavy atom. The monoisotopic (exact) mass is 473 g/mol. The van der Waals surface area contributed by atoms with E-state index in [1.165, 1.54) is 37.3 Å². The van der Waals surface area contributed by atoms with Crippen LogP contribution in [-0.4, -0.2) is 64.4 Å². The third kappa shape index (κ3) is 5.33. The van der Waals surface area contributed by atoms with Gasteiger partial charge in [-0.15, -0.1) is 0 Å². The average Bonchev–Trinajstić information content (AvgIpc) is 3.02. The van der Waals surface area contributed by atoms with E-state index in [-0.39, 0.29) is 23.5 Å². The lowest BCUT2D eigenvalue weighted by Crippen LogP contribution is -2.50. The molecule has 1 aromatic rings. The van der Waals surface area contributed by atoms with Crippen molar-refractivity contribution >= 4 is 17.9 Å². The fourth-order valence-corrected chi connectivity index (χ4v) is 6.85. The van der Waals surface area contributed by atoms with E-state index in [2.05, 4.69) is 38.1 Å². The fourth-order valence-electron chi connectivity index (χ4n) is 6.85. The zero-order valence-electron chi connectivity index (χ0n) is 20.2. The van der Waals surface area contributed by atoms with E-state index in [0.29, 0.717) is 35.7 Å². The van der Waals surface area contributed by atoms with Gasteiger partial charge in [-0.1, -0.05) is 13.0 Å². The van der Waals surface area contributed by atoms with Crippen molar-refractivity contribution in [3.8, 4) is 5.75 Å². The van der Waals surface area contributed by atoms with Crippen LogP contribution in [-0.2, 0) is 20.8 Å². The molecule has 0 spiro atoms. The van der Waals surface area contributed by atoms with E-state index in [4.69, 9.17) is 14.9 Å². The van der Waals surface area contributed by atoms with Gasteiger partial charge in [0.05, 0.1) is 6.10 Å². The standard InChI is InChI=1S/C22H31NO3.C4H4O4/c1-13(24)26-15-6-8-16-14(11-15)5-7-18-17(16)9-10-22(2)19(18)12-20(25)21(22)23(3)4;5-3(6)1-2-4(7)8/h6,8,11,17-21,25H,5,7,9-10,12H2,1-4H3;1-2H,(H,5,6)(H,7,8)/b;2-1-/t17-,18-,19+,20-,21+,22+;/m1./s1. The molecule has 0 saturated heterocycles. The number of carbonyl (C=O) groups is 3. The van der Waals surface area contributed by atoms with E-state index in [9.17, 15) is 19.5 Å². The second kappa shape index (κ2) is 10.3. The Morgan fingerprint density at radius 3 is 2.32 bits per heavy atom. The maximum absolute atomic E-state index is 11.2. The number of hydrogen-bond donors (Lipinski definition) is 3. The summed E-state index contributed by atoms with van der Waals surface area (Å²) in [5.74, 6) is -0.289. The van der Waals surface area contributed by atoms with Crippen LogP contribution >= 0.6 is 0 Å². The minimum absolute atomic E-state index is 0.208. The van der Waals surface area contributed by atoms with Crippen LogP contribution in [0.25, 0.3) is 0 Å². The summed E-state index contributed by atoms with van der Waals surface area (Å²) < 4.78 is 5.28. The van der Waals surface area contributed by atoms with Crippen LogP contribution in [0.3, 0.4) is 0 Å². The van der Waals surface area contributed by atoms with E-state index >= 15 is 0 Å². The lowest BCUT2D eigenvalue weighted by atomic mass is 9.55. The zero-order chi connectivity index (χ0) is 25.2. The number of nitrogens with zero attached hydrogens (tertiary/aromatic N) is 1. The number of aryl methyl sites for hydroxylation is 1. The van der Waals surface area contributed by atoms with Gasteiger partial charge in [0, 0.05) is 25.1 Å². The largest absolute Gasteiger partial charge is 0.478 e. The average molecular weight is 474 g/mol. The molecule has 1 aromatic carbocycles. The molecular formula is C26H35NO7. The van der Waals surface area contributed by atoms with Gasteiger partial charge in [0.1, 0.15) is 5.75 Å². The molecule has 0 aromatic heterocycles. The normalized spacial score (nSPS) is 31.6. The summed E-state index contributed by atoms with van der Waals surface area (Å²) in [7, 11) is 4.22. The summed E-state index contributed by atoms with van der Waals surface area (Å²) in [6.07, 6.45) is 6.41. The number of ether oxygens (including phenoxy) is 1.